The van der Waals surface area contributed by atoms with Gasteiger partial charge in [-0.15, -0.1) is 0 Å². The number of rotatable bonds is 7. The molecule has 0 saturated heterocycles. The first-order valence-electron chi connectivity index (χ1n) is 15.0. The zero-order valence-corrected chi connectivity index (χ0v) is 25.4. The third-order valence-electron chi connectivity index (χ3n) is 12.2. The molecule has 2 saturated carbocycles. The van der Waals surface area contributed by atoms with Gasteiger partial charge in [0.15, 0.2) is 0 Å². The standard InChI is InChI=1S/C34H52O4/c1-20(2)21(3)11-12-24(22(4)35)27-19-30(38-23(5)36)34(10)26-13-14-28-31(6,7)29(37)16-17-32(28,8)25(26)15-18-33(27,34)9/h13,15,20,24,27-30,37H,3,11-12,14,16-19H2,1-2,4-10H3/t24-,27+,28-,29-,30-,32+,33+,34+/m0/s1. The van der Waals surface area contributed by atoms with Gasteiger partial charge in [0.1, 0.15) is 11.9 Å². The van der Waals surface area contributed by atoms with Gasteiger partial charge >= 0.3 is 5.97 Å². The summed E-state index contributed by atoms with van der Waals surface area (Å²) in [6.45, 7) is 23.4. The highest BCUT2D eigenvalue weighted by Gasteiger charge is 2.68. The minimum absolute atomic E-state index is 0.0228. The monoisotopic (exact) mass is 524 g/mol. The molecule has 0 aromatic rings. The fraction of sp³-hybridized carbons (Fsp3) is 0.765. The molecule has 0 unspecified atom stereocenters. The lowest BCUT2D eigenvalue weighted by atomic mass is 9.43. The smallest absolute Gasteiger partial charge is 0.302 e. The van der Waals surface area contributed by atoms with Gasteiger partial charge < -0.3 is 9.84 Å². The molecule has 0 amide bonds. The van der Waals surface area contributed by atoms with Crippen molar-refractivity contribution in [3.63, 3.8) is 0 Å². The van der Waals surface area contributed by atoms with E-state index in [4.69, 9.17) is 4.74 Å². The number of ketones is 1. The third-order valence-corrected chi connectivity index (χ3v) is 12.2. The number of carbonyl (C=O) groups excluding carboxylic acids is 2. The van der Waals surface area contributed by atoms with Crippen LogP contribution in [0, 0.1) is 45.3 Å². The highest BCUT2D eigenvalue weighted by Crippen LogP contribution is 2.72. The summed E-state index contributed by atoms with van der Waals surface area (Å²) in [6, 6.07) is 0. The Labute approximate surface area is 231 Å². The van der Waals surface area contributed by atoms with Crippen molar-refractivity contribution in [2.75, 3.05) is 0 Å². The topological polar surface area (TPSA) is 63.6 Å². The summed E-state index contributed by atoms with van der Waals surface area (Å²) >= 11 is 0. The van der Waals surface area contributed by atoms with Crippen LogP contribution in [0.5, 0.6) is 0 Å². The van der Waals surface area contributed by atoms with E-state index >= 15 is 0 Å². The SMILES string of the molecule is C=C(CC[C@@H](C(C)=O)[C@H]1C[C@H](OC(C)=O)[C@@]2(C)C3=CC[C@H]4C(C)(C)[C@@H](O)CC[C@]4(C)C3=CC[C@]12C)C(C)C. The maximum Gasteiger partial charge on any atom is 0.302 e. The van der Waals surface area contributed by atoms with Crippen molar-refractivity contribution in [3.8, 4) is 0 Å². The molecule has 0 bridgehead atoms. The lowest BCUT2D eigenvalue weighted by Gasteiger charge is -2.61. The van der Waals surface area contributed by atoms with Crippen LogP contribution >= 0.6 is 0 Å². The lowest BCUT2D eigenvalue weighted by Crippen LogP contribution is -2.56. The van der Waals surface area contributed by atoms with Crippen molar-refractivity contribution < 1.29 is 19.4 Å². The quantitative estimate of drug-likeness (QED) is 0.275. The molecule has 212 valence electrons. The second-order valence-electron chi connectivity index (χ2n) is 14.7. The van der Waals surface area contributed by atoms with Crippen LogP contribution in [0.25, 0.3) is 0 Å². The summed E-state index contributed by atoms with van der Waals surface area (Å²) in [4.78, 5) is 25.6. The van der Waals surface area contributed by atoms with Gasteiger partial charge in [0.2, 0.25) is 0 Å². The zero-order valence-electron chi connectivity index (χ0n) is 25.4. The second-order valence-corrected chi connectivity index (χ2v) is 14.7. The molecule has 1 N–H and O–H groups in total. The van der Waals surface area contributed by atoms with Crippen LogP contribution in [0.3, 0.4) is 0 Å². The molecule has 0 aromatic heterocycles. The molecule has 0 spiro atoms. The average Bonchev–Trinajstić information content (AvgIpc) is 3.03. The third kappa shape index (κ3) is 4.19. The highest BCUT2D eigenvalue weighted by atomic mass is 16.5. The van der Waals surface area contributed by atoms with Crippen LogP contribution in [0.1, 0.15) is 107 Å². The van der Waals surface area contributed by atoms with Crippen molar-refractivity contribution in [2.24, 2.45) is 45.3 Å². The first kappa shape index (κ1) is 29.3. The Hall–Kier alpha value is -1.68. The van der Waals surface area contributed by atoms with E-state index in [-0.39, 0.29) is 57.5 Å². The Kier molecular flexibility index (Phi) is 7.52. The summed E-state index contributed by atoms with van der Waals surface area (Å²) in [5.74, 6) is 0.801. The minimum atomic E-state index is -0.371. The van der Waals surface area contributed by atoms with E-state index in [0.717, 1.165) is 38.5 Å². The number of hydrogen-bond donors (Lipinski definition) is 1. The van der Waals surface area contributed by atoms with E-state index in [2.05, 4.69) is 67.2 Å². The first-order chi connectivity index (χ1) is 17.5. The number of aliphatic hydroxyl groups excluding tert-OH is 1. The fourth-order valence-corrected chi connectivity index (χ4v) is 9.34. The van der Waals surface area contributed by atoms with Crippen LogP contribution in [-0.4, -0.2) is 29.1 Å². The number of aliphatic hydroxyl groups is 1. The van der Waals surface area contributed by atoms with Gasteiger partial charge in [-0.25, -0.2) is 0 Å². The van der Waals surface area contributed by atoms with Crippen LogP contribution in [0.4, 0.5) is 0 Å². The Morgan fingerprint density at radius 1 is 1.11 bits per heavy atom. The molecular formula is C34H52O4. The predicted octanol–water partition coefficient (Wildman–Crippen LogP) is 7.61. The lowest BCUT2D eigenvalue weighted by molar-refractivity contribution is -0.152. The number of esters is 1. The van der Waals surface area contributed by atoms with Crippen molar-refractivity contribution in [1.29, 1.82) is 0 Å². The van der Waals surface area contributed by atoms with Gasteiger partial charge in [0.05, 0.1) is 6.10 Å². The Morgan fingerprint density at radius 2 is 1.76 bits per heavy atom. The van der Waals surface area contributed by atoms with Gasteiger partial charge in [-0.1, -0.05) is 72.8 Å². The summed E-state index contributed by atoms with van der Waals surface area (Å²) in [7, 11) is 0. The molecule has 8 atom stereocenters. The molecule has 4 heteroatoms. The van der Waals surface area contributed by atoms with E-state index in [1.807, 2.05) is 0 Å². The van der Waals surface area contributed by atoms with Crippen molar-refractivity contribution >= 4 is 11.8 Å². The van der Waals surface area contributed by atoms with Crippen molar-refractivity contribution in [3.05, 3.63) is 35.5 Å². The van der Waals surface area contributed by atoms with Gasteiger partial charge in [0, 0.05) is 18.3 Å². The summed E-state index contributed by atoms with van der Waals surface area (Å²) < 4.78 is 6.17. The Bertz CT molecular complexity index is 1060. The molecule has 0 radical (unpaired) electrons. The second kappa shape index (κ2) is 9.75. The molecule has 4 rings (SSSR count). The van der Waals surface area contributed by atoms with E-state index in [0.29, 0.717) is 18.3 Å². The van der Waals surface area contributed by atoms with Gasteiger partial charge in [-0.2, -0.15) is 0 Å². The first-order valence-corrected chi connectivity index (χ1v) is 15.0. The molecular weight excluding hydrogens is 472 g/mol. The van der Waals surface area contributed by atoms with E-state index in [1.165, 1.54) is 23.6 Å². The number of Topliss-reactive ketones (excluding diaryl/α,β-unsaturated/α-hetero) is 1. The van der Waals surface area contributed by atoms with Crippen LogP contribution in [0.2, 0.25) is 0 Å². The fourth-order valence-electron chi connectivity index (χ4n) is 9.34. The highest BCUT2D eigenvalue weighted by molar-refractivity contribution is 5.79. The average molecular weight is 525 g/mol. The number of fused-ring (bicyclic) bond motifs is 5. The van der Waals surface area contributed by atoms with Gasteiger partial charge in [-0.3, -0.25) is 9.59 Å². The van der Waals surface area contributed by atoms with Gasteiger partial charge in [0.25, 0.3) is 0 Å². The number of ether oxygens (including phenoxy) is 1. The molecule has 0 heterocycles. The van der Waals surface area contributed by atoms with E-state index < -0.39 is 0 Å². The molecule has 38 heavy (non-hydrogen) atoms. The Balaban J connectivity index is 1.80. The minimum Gasteiger partial charge on any atom is -0.462 e. The van der Waals surface area contributed by atoms with Crippen LogP contribution < -0.4 is 0 Å². The number of hydrogen-bond acceptors (Lipinski definition) is 4. The molecule has 0 aromatic carbocycles. The summed E-state index contributed by atoms with van der Waals surface area (Å²) in [5.41, 5.74) is 3.17. The largest absolute Gasteiger partial charge is 0.462 e. The molecule has 4 nitrogen and oxygen atoms in total. The molecule has 2 fully saturated rings. The van der Waals surface area contributed by atoms with Gasteiger partial charge in [-0.05, 0) is 97.0 Å². The Morgan fingerprint density at radius 3 is 2.34 bits per heavy atom. The van der Waals surface area contributed by atoms with Crippen LogP contribution in [-0.2, 0) is 14.3 Å². The number of allylic oxidation sites excluding steroid dienone is 4. The molecule has 0 aliphatic heterocycles. The number of carbonyl (C=O) groups is 2. The maximum absolute atomic E-state index is 13.2. The summed E-state index contributed by atoms with van der Waals surface area (Å²) in [5, 5.41) is 10.9. The van der Waals surface area contributed by atoms with Crippen molar-refractivity contribution in [2.45, 2.75) is 119 Å². The zero-order chi connectivity index (χ0) is 28.4. The van der Waals surface area contributed by atoms with Crippen LogP contribution in [0.15, 0.2) is 35.5 Å². The molecule has 4 aliphatic carbocycles. The van der Waals surface area contributed by atoms with E-state index in [1.54, 1.807) is 6.92 Å². The molecule has 4 aliphatic rings. The summed E-state index contributed by atoms with van der Waals surface area (Å²) in [6.07, 6.45) is 10.3. The van der Waals surface area contributed by atoms with E-state index in [9.17, 15) is 14.7 Å². The normalized spacial score (nSPS) is 40.3. The van der Waals surface area contributed by atoms with Crippen molar-refractivity contribution in [1.82, 2.24) is 0 Å². The maximum atomic E-state index is 13.2. The predicted molar refractivity (Wildman–Crippen MR) is 153 cm³/mol.